The number of phenols is 1. The number of hydrogen-bond donors (Lipinski definition) is 4. The van der Waals surface area contributed by atoms with Gasteiger partial charge in [0, 0.05) is 42.8 Å². The Morgan fingerprint density at radius 1 is 0.923 bits per heavy atom. The maximum Gasteiger partial charge on any atom is 0.488 e. The van der Waals surface area contributed by atoms with Crippen molar-refractivity contribution >= 4 is 47.9 Å². The molecule has 0 aromatic heterocycles. The quantitative estimate of drug-likeness (QED) is 0.181. The summed E-state index contributed by atoms with van der Waals surface area (Å²) in [6.45, 7) is 0.678. The number of piperazine rings is 1. The molecule has 4 N–H and O–H groups in total. The Hall–Kier alpha value is -5.57. The number of hydrogen-bond acceptors (Lipinski definition) is 9. The third-order valence-electron chi connectivity index (χ3n) is 9.10. The largest absolute Gasteiger partial charge is 0.508 e. The summed E-state index contributed by atoms with van der Waals surface area (Å²) in [6, 6.07) is 23.3. The van der Waals surface area contributed by atoms with Crippen LogP contribution in [-0.2, 0) is 4.79 Å². The number of carbonyl (C=O) groups excluding carboxylic acids is 3. The Balaban J connectivity index is 1.25. The first-order valence-electron chi connectivity index (χ1n) is 16.5. The molecule has 268 valence electrons. The van der Waals surface area contributed by atoms with Crippen LogP contribution in [0, 0.1) is 0 Å². The zero-order valence-corrected chi connectivity index (χ0v) is 29.2. The van der Waals surface area contributed by atoms with E-state index in [0.717, 1.165) is 11.1 Å². The lowest BCUT2D eigenvalue weighted by Gasteiger charge is -2.38. The van der Waals surface area contributed by atoms with Gasteiger partial charge in [-0.3, -0.25) is 19.5 Å². The van der Waals surface area contributed by atoms with Crippen molar-refractivity contribution in [1.29, 1.82) is 0 Å². The molecule has 0 spiro atoms. The Labute approximate surface area is 305 Å². The number of amidine groups is 1. The molecule has 2 atom stereocenters. The number of rotatable bonds is 10. The molecule has 4 aromatic rings. The van der Waals surface area contributed by atoms with E-state index in [1.807, 2.05) is 12.1 Å². The molecule has 52 heavy (non-hydrogen) atoms. The number of aromatic hydroxyl groups is 1. The summed E-state index contributed by atoms with van der Waals surface area (Å²) < 4.78 is 11.2. The first kappa shape index (κ1) is 36.2. The molecule has 2 heterocycles. The molecule has 13 nitrogen and oxygen atoms in total. The van der Waals surface area contributed by atoms with Gasteiger partial charge in [0.15, 0.2) is 0 Å². The highest BCUT2D eigenvalue weighted by Crippen LogP contribution is 2.46. The maximum absolute atomic E-state index is 14.7. The average molecular weight is 726 g/mol. The van der Waals surface area contributed by atoms with Crippen LogP contribution in [0.25, 0.3) is 0 Å². The van der Waals surface area contributed by atoms with Crippen molar-refractivity contribution in [2.75, 3.05) is 46.9 Å². The number of carbonyl (C=O) groups is 3. The molecule has 2 aliphatic heterocycles. The molecule has 6 rings (SSSR count). The molecule has 0 unspecified atom stereocenters. The Bertz CT molecular complexity index is 1960. The standard InChI is InChI=1S/C37H37BClN5O8/c1-51-29-15-16-30(31(21-29)52-2)35-41-33(23-7-13-28(45)14-8-23)34(24-5-11-27(39)12-6-24)44(35)37(48)43-20-19-42(32(46)22-43)18-17-40-36(47)25-3-9-26(10-4-25)38(49)50/h3-16,21,33-34,45,49-50H,17-20,22H2,1-2H3,(H,40,47)/t33-,34+/m0/s1. The van der Waals surface area contributed by atoms with Crippen LogP contribution in [-0.4, -0.2) is 108 Å². The first-order valence-corrected chi connectivity index (χ1v) is 16.9. The van der Waals surface area contributed by atoms with E-state index >= 15 is 0 Å². The summed E-state index contributed by atoms with van der Waals surface area (Å²) in [5.41, 5.74) is 2.65. The van der Waals surface area contributed by atoms with Crippen molar-refractivity contribution in [3.8, 4) is 17.2 Å². The molecule has 15 heteroatoms. The van der Waals surface area contributed by atoms with E-state index in [1.54, 1.807) is 71.5 Å². The molecule has 2 aliphatic rings. The van der Waals surface area contributed by atoms with Crippen LogP contribution in [0.1, 0.15) is 39.1 Å². The number of nitrogens with one attached hydrogen (secondary N) is 1. The highest BCUT2D eigenvalue weighted by Gasteiger charge is 2.45. The zero-order valence-electron chi connectivity index (χ0n) is 28.5. The molecular weight excluding hydrogens is 689 g/mol. The van der Waals surface area contributed by atoms with Gasteiger partial charge in [-0.25, -0.2) is 4.79 Å². The minimum atomic E-state index is -1.63. The second kappa shape index (κ2) is 15.8. The van der Waals surface area contributed by atoms with Crippen LogP contribution in [0.15, 0.2) is 96.0 Å². The predicted octanol–water partition coefficient (Wildman–Crippen LogP) is 2.98. The van der Waals surface area contributed by atoms with Crippen LogP contribution < -0.4 is 20.3 Å². The monoisotopic (exact) mass is 725 g/mol. The molecule has 4 aromatic carbocycles. The molecule has 1 fully saturated rings. The van der Waals surface area contributed by atoms with Gasteiger partial charge in [-0.1, -0.05) is 48.0 Å². The zero-order chi connectivity index (χ0) is 36.9. The minimum absolute atomic E-state index is 0.0899. The lowest BCUT2D eigenvalue weighted by atomic mass is 9.80. The van der Waals surface area contributed by atoms with E-state index < -0.39 is 25.2 Å². The summed E-state index contributed by atoms with van der Waals surface area (Å²) in [6.07, 6.45) is 0. The second-order valence-electron chi connectivity index (χ2n) is 12.3. The minimum Gasteiger partial charge on any atom is -0.508 e. The van der Waals surface area contributed by atoms with Crippen molar-refractivity contribution < 1.29 is 39.0 Å². The second-order valence-corrected chi connectivity index (χ2v) is 12.7. The SMILES string of the molecule is COc1ccc(C2=N[C@@H](c3ccc(O)cc3)[C@@H](c3ccc(Cl)cc3)N2C(=O)N2CCN(CCNC(=O)c3ccc(B(O)O)cc3)C(=O)C2)c(OC)c1. The van der Waals surface area contributed by atoms with Gasteiger partial charge < -0.3 is 39.7 Å². The van der Waals surface area contributed by atoms with E-state index in [1.165, 1.54) is 36.3 Å². The number of urea groups is 1. The van der Waals surface area contributed by atoms with Gasteiger partial charge in [-0.2, -0.15) is 0 Å². The van der Waals surface area contributed by atoms with Gasteiger partial charge in [0.25, 0.3) is 5.91 Å². The summed E-state index contributed by atoms with van der Waals surface area (Å²) in [4.78, 5) is 50.6. The lowest BCUT2D eigenvalue weighted by Crippen LogP contribution is -2.57. The van der Waals surface area contributed by atoms with E-state index in [2.05, 4.69) is 5.32 Å². The Kier molecular flexibility index (Phi) is 11.0. The number of aliphatic imine (C=N–C) groups is 1. The number of methoxy groups -OCH3 is 2. The van der Waals surface area contributed by atoms with Crippen LogP contribution in [0.5, 0.6) is 17.2 Å². The molecule has 0 radical (unpaired) electrons. The smallest absolute Gasteiger partial charge is 0.488 e. The number of phenolic OH excluding ortho intramolecular Hbond substituents is 1. The first-order chi connectivity index (χ1) is 25.1. The number of ether oxygens (including phenoxy) is 2. The van der Waals surface area contributed by atoms with Crippen LogP contribution in [0.3, 0.4) is 0 Å². The van der Waals surface area contributed by atoms with Gasteiger partial charge in [0.05, 0.1) is 25.8 Å². The summed E-state index contributed by atoms with van der Waals surface area (Å²) >= 11 is 6.28. The van der Waals surface area contributed by atoms with Gasteiger partial charge in [-0.15, -0.1) is 0 Å². The number of benzene rings is 4. The van der Waals surface area contributed by atoms with Crippen molar-refractivity contribution in [2.24, 2.45) is 4.99 Å². The van der Waals surface area contributed by atoms with E-state index in [9.17, 15) is 29.5 Å². The number of amides is 4. The third-order valence-corrected chi connectivity index (χ3v) is 9.35. The average Bonchev–Trinajstić information content (AvgIpc) is 3.55. The highest BCUT2D eigenvalue weighted by atomic mass is 35.5. The number of halogens is 1. The molecule has 0 bridgehead atoms. The maximum atomic E-state index is 14.7. The van der Waals surface area contributed by atoms with Gasteiger partial charge in [-0.05, 0) is 65.1 Å². The summed E-state index contributed by atoms with van der Waals surface area (Å²) in [5.74, 6) is 0.758. The van der Waals surface area contributed by atoms with Gasteiger partial charge in [0.2, 0.25) is 5.91 Å². The fourth-order valence-corrected chi connectivity index (χ4v) is 6.45. The van der Waals surface area contributed by atoms with Gasteiger partial charge in [0.1, 0.15) is 35.7 Å². The predicted molar refractivity (Wildman–Crippen MR) is 195 cm³/mol. The van der Waals surface area contributed by atoms with Crippen LogP contribution in [0.4, 0.5) is 4.79 Å². The van der Waals surface area contributed by atoms with E-state index in [0.29, 0.717) is 33.5 Å². The van der Waals surface area contributed by atoms with Crippen molar-refractivity contribution in [2.45, 2.75) is 12.1 Å². The van der Waals surface area contributed by atoms with Crippen molar-refractivity contribution in [3.63, 3.8) is 0 Å². The van der Waals surface area contributed by atoms with Crippen molar-refractivity contribution in [3.05, 3.63) is 118 Å². The van der Waals surface area contributed by atoms with Crippen LogP contribution >= 0.6 is 11.6 Å². The normalized spacial score (nSPS) is 17.1. The molecular formula is C37H37BClN5O8. The van der Waals surface area contributed by atoms with Gasteiger partial charge >= 0.3 is 13.1 Å². The molecule has 1 saturated heterocycles. The molecule has 0 saturated carbocycles. The summed E-state index contributed by atoms with van der Waals surface area (Å²) in [5, 5.41) is 31.9. The van der Waals surface area contributed by atoms with E-state index in [4.69, 9.17) is 26.1 Å². The Morgan fingerprint density at radius 2 is 1.62 bits per heavy atom. The highest BCUT2D eigenvalue weighted by molar-refractivity contribution is 6.58. The molecule has 4 amide bonds. The topological polar surface area (TPSA) is 164 Å². The fraction of sp³-hybridized carbons (Fsp3) is 0.243. The fourth-order valence-electron chi connectivity index (χ4n) is 6.32. The van der Waals surface area contributed by atoms with Crippen LogP contribution in [0.2, 0.25) is 5.02 Å². The lowest BCUT2D eigenvalue weighted by molar-refractivity contribution is -0.134. The third kappa shape index (κ3) is 7.69. The molecule has 0 aliphatic carbocycles. The van der Waals surface area contributed by atoms with Crippen molar-refractivity contribution in [1.82, 2.24) is 20.0 Å². The van der Waals surface area contributed by atoms with E-state index in [-0.39, 0.29) is 55.8 Å². The number of nitrogens with zero attached hydrogens (tertiary/aromatic N) is 4. The summed E-state index contributed by atoms with van der Waals surface area (Å²) in [7, 11) is 1.43. The Morgan fingerprint density at radius 3 is 2.25 bits per heavy atom.